The number of rotatable bonds is 4. The molecular weight excluding hydrogens is 264 g/mol. The van der Waals surface area contributed by atoms with Gasteiger partial charge in [-0.2, -0.15) is 9.97 Å². The quantitative estimate of drug-likeness (QED) is 0.774. The highest BCUT2D eigenvalue weighted by atomic mass is 15.3. The van der Waals surface area contributed by atoms with E-state index in [9.17, 15) is 0 Å². The molecule has 0 spiro atoms. The van der Waals surface area contributed by atoms with Gasteiger partial charge in [-0.3, -0.25) is 0 Å². The Morgan fingerprint density at radius 3 is 2.57 bits per heavy atom. The Kier molecular flexibility index (Phi) is 3.43. The first kappa shape index (κ1) is 14.4. The maximum Gasteiger partial charge on any atom is 0.223 e. The van der Waals surface area contributed by atoms with Crippen LogP contribution in [0.5, 0.6) is 0 Å². The van der Waals surface area contributed by atoms with Crippen molar-refractivity contribution < 1.29 is 0 Å². The van der Waals surface area contributed by atoms with Gasteiger partial charge in [0.15, 0.2) is 0 Å². The van der Waals surface area contributed by atoms with Crippen molar-refractivity contribution in [1.82, 2.24) is 9.97 Å². The van der Waals surface area contributed by atoms with Crippen LogP contribution in [0.15, 0.2) is 6.07 Å². The zero-order valence-electron chi connectivity index (χ0n) is 13.1. The fourth-order valence-corrected chi connectivity index (χ4v) is 3.03. The van der Waals surface area contributed by atoms with E-state index in [1.165, 1.54) is 0 Å². The van der Waals surface area contributed by atoms with Gasteiger partial charge in [0.05, 0.1) is 0 Å². The van der Waals surface area contributed by atoms with Gasteiger partial charge in [0.2, 0.25) is 5.95 Å². The summed E-state index contributed by atoms with van der Waals surface area (Å²) < 4.78 is 0. The summed E-state index contributed by atoms with van der Waals surface area (Å²) in [5, 5.41) is 3.35. The van der Waals surface area contributed by atoms with Gasteiger partial charge in [0.1, 0.15) is 11.6 Å². The first-order chi connectivity index (χ1) is 9.83. The van der Waals surface area contributed by atoms with E-state index in [4.69, 9.17) is 11.5 Å². The molecule has 2 aliphatic rings. The Bertz CT molecular complexity index is 511. The number of hydrogen-bond donors (Lipinski definition) is 3. The van der Waals surface area contributed by atoms with Crippen LogP contribution >= 0.6 is 0 Å². The molecule has 1 aliphatic carbocycles. The van der Waals surface area contributed by atoms with Gasteiger partial charge >= 0.3 is 0 Å². The van der Waals surface area contributed by atoms with Crippen LogP contribution in [0.4, 0.5) is 17.6 Å². The van der Waals surface area contributed by atoms with E-state index in [2.05, 4.69) is 41.0 Å². The second kappa shape index (κ2) is 5.02. The smallest absolute Gasteiger partial charge is 0.223 e. The molecule has 1 aromatic heterocycles. The zero-order chi connectivity index (χ0) is 15.2. The largest absolute Gasteiger partial charge is 0.370 e. The third-order valence-corrected chi connectivity index (χ3v) is 4.50. The van der Waals surface area contributed by atoms with Crippen LogP contribution in [0, 0.1) is 17.3 Å². The highest BCUT2D eigenvalue weighted by Crippen LogP contribution is 2.45. The molecule has 5 N–H and O–H groups in total. The fraction of sp³-hybridized carbons (Fsp3) is 0.733. The van der Waals surface area contributed by atoms with Gasteiger partial charge in [0, 0.05) is 31.7 Å². The van der Waals surface area contributed by atoms with Crippen molar-refractivity contribution in [3.63, 3.8) is 0 Å². The summed E-state index contributed by atoms with van der Waals surface area (Å²) in [6.45, 7) is 9.56. The molecule has 0 amide bonds. The summed E-state index contributed by atoms with van der Waals surface area (Å²) in [4.78, 5) is 10.9. The molecule has 1 saturated carbocycles. The number of nitrogen functional groups attached to an aromatic ring is 1. The van der Waals surface area contributed by atoms with Gasteiger partial charge in [-0.1, -0.05) is 20.8 Å². The number of piperidine rings is 1. The summed E-state index contributed by atoms with van der Waals surface area (Å²) in [5.41, 5.74) is 12.1. The van der Waals surface area contributed by atoms with Crippen LogP contribution in [0.1, 0.15) is 27.2 Å². The molecule has 2 heterocycles. The second-order valence-corrected chi connectivity index (χ2v) is 7.52. The summed E-state index contributed by atoms with van der Waals surface area (Å²) in [5.74, 6) is 3.33. The van der Waals surface area contributed by atoms with Gasteiger partial charge in [-0.25, -0.2) is 0 Å². The third-order valence-electron chi connectivity index (χ3n) is 4.50. The van der Waals surface area contributed by atoms with E-state index in [-0.39, 0.29) is 0 Å². The van der Waals surface area contributed by atoms with Crippen molar-refractivity contribution in [3.05, 3.63) is 6.07 Å². The van der Waals surface area contributed by atoms with Crippen LogP contribution in [0.2, 0.25) is 0 Å². The lowest BCUT2D eigenvalue weighted by Gasteiger charge is -2.22. The number of nitrogens with two attached hydrogens (primary N) is 2. The first-order valence-corrected chi connectivity index (χ1v) is 7.72. The van der Waals surface area contributed by atoms with Gasteiger partial charge in [-0.15, -0.1) is 0 Å². The molecule has 0 bridgehead atoms. The molecule has 2 fully saturated rings. The Labute approximate surface area is 126 Å². The molecule has 1 aliphatic heterocycles. The van der Waals surface area contributed by atoms with Crippen molar-refractivity contribution in [2.75, 3.05) is 35.6 Å². The maximum atomic E-state index is 5.98. The molecule has 21 heavy (non-hydrogen) atoms. The van der Waals surface area contributed by atoms with E-state index in [0.29, 0.717) is 29.2 Å². The molecule has 3 rings (SSSR count). The molecule has 6 heteroatoms. The van der Waals surface area contributed by atoms with Crippen molar-refractivity contribution in [3.8, 4) is 0 Å². The zero-order valence-corrected chi connectivity index (χ0v) is 13.1. The van der Waals surface area contributed by atoms with Crippen LogP contribution in [0.25, 0.3) is 0 Å². The monoisotopic (exact) mass is 290 g/mol. The van der Waals surface area contributed by atoms with E-state index >= 15 is 0 Å². The minimum atomic E-state index is 0.306. The molecule has 1 saturated heterocycles. The predicted molar refractivity (Wildman–Crippen MR) is 86.2 cm³/mol. The highest BCUT2D eigenvalue weighted by molar-refractivity contribution is 5.54. The number of aromatic nitrogens is 2. The minimum Gasteiger partial charge on any atom is -0.370 e. The highest BCUT2D eigenvalue weighted by Gasteiger charge is 2.53. The summed E-state index contributed by atoms with van der Waals surface area (Å²) in [7, 11) is 0. The standard InChI is InChI=1S/C15H26N6/c1-15(2,3)4-5-18-11-6-12(20-14(17)19-11)21-7-9-10(8-21)13(9)16/h6,9-10,13H,4-5,7-8,16H2,1-3H3,(H3,17,18,19,20)/t9-,10+,13-. The van der Waals surface area contributed by atoms with Crippen molar-refractivity contribution in [1.29, 1.82) is 0 Å². The SMILES string of the molecule is CC(C)(C)CCNc1cc(N2C[C@@H]3[C@H](N)[C@@H]3C2)nc(N)n1. The third kappa shape index (κ3) is 3.20. The lowest BCUT2D eigenvalue weighted by atomic mass is 9.92. The number of nitrogens with zero attached hydrogens (tertiary/aromatic N) is 3. The average Bonchev–Trinajstić information content (AvgIpc) is 2.82. The predicted octanol–water partition coefficient (Wildman–Crippen LogP) is 1.30. The van der Waals surface area contributed by atoms with Crippen LogP contribution in [0.3, 0.4) is 0 Å². The summed E-state index contributed by atoms with van der Waals surface area (Å²) >= 11 is 0. The average molecular weight is 290 g/mol. The molecule has 0 aromatic carbocycles. The van der Waals surface area contributed by atoms with E-state index in [1.54, 1.807) is 0 Å². The van der Waals surface area contributed by atoms with E-state index < -0.39 is 0 Å². The molecule has 3 atom stereocenters. The van der Waals surface area contributed by atoms with Crippen molar-refractivity contribution >= 4 is 17.6 Å². The van der Waals surface area contributed by atoms with Crippen LogP contribution in [-0.4, -0.2) is 35.6 Å². The lowest BCUT2D eigenvalue weighted by Crippen LogP contribution is -2.29. The number of anilines is 3. The van der Waals surface area contributed by atoms with E-state index in [1.807, 2.05) is 6.07 Å². The molecule has 1 aromatic rings. The normalized spacial score (nSPS) is 27.6. The topological polar surface area (TPSA) is 93.1 Å². The fourth-order valence-electron chi connectivity index (χ4n) is 3.03. The maximum absolute atomic E-state index is 5.98. The van der Waals surface area contributed by atoms with Crippen LogP contribution < -0.4 is 21.7 Å². The van der Waals surface area contributed by atoms with Crippen molar-refractivity contribution in [2.45, 2.75) is 33.2 Å². The Morgan fingerprint density at radius 2 is 1.95 bits per heavy atom. The summed E-state index contributed by atoms with van der Waals surface area (Å²) in [6.07, 6.45) is 1.08. The van der Waals surface area contributed by atoms with Crippen molar-refractivity contribution in [2.24, 2.45) is 23.0 Å². The lowest BCUT2D eigenvalue weighted by molar-refractivity contribution is 0.389. The Hall–Kier alpha value is -1.56. The first-order valence-electron chi connectivity index (χ1n) is 7.72. The number of fused-ring (bicyclic) bond motifs is 1. The molecule has 0 radical (unpaired) electrons. The number of hydrogen-bond acceptors (Lipinski definition) is 6. The van der Waals surface area contributed by atoms with Crippen LogP contribution in [-0.2, 0) is 0 Å². The van der Waals surface area contributed by atoms with E-state index in [0.717, 1.165) is 37.7 Å². The molecular formula is C15H26N6. The minimum absolute atomic E-state index is 0.306. The van der Waals surface area contributed by atoms with Gasteiger partial charge in [0.25, 0.3) is 0 Å². The Morgan fingerprint density at radius 1 is 1.29 bits per heavy atom. The van der Waals surface area contributed by atoms with Gasteiger partial charge < -0.3 is 21.7 Å². The molecule has 116 valence electrons. The molecule has 0 unspecified atom stereocenters. The number of nitrogens with one attached hydrogen (secondary N) is 1. The van der Waals surface area contributed by atoms with Gasteiger partial charge in [-0.05, 0) is 23.7 Å². The second-order valence-electron chi connectivity index (χ2n) is 7.52. The Balaban J connectivity index is 1.63. The summed E-state index contributed by atoms with van der Waals surface area (Å²) in [6, 6.07) is 2.39. The molecule has 6 nitrogen and oxygen atoms in total.